The van der Waals surface area contributed by atoms with E-state index in [4.69, 9.17) is 4.42 Å². The quantitative estimate of drug-likeness (QED) is 0.546. The molecule has 1 aromatic heterocycles. The number of nitrogens with one attached hydrogen (secondary N) is 1. The molecule has 1 aliphatic heterocycles. The van der Waals surface area contributed by atoms with E-state index in [0.717, 1.165) is 30.9 Å². The van der Waals surface area contributed by atoms with Gasteiger partial charge in [0.2, 0.25) is 0 Å². The molecule has 0 unspecified atom stereocenters. The van der Waals surface area contributed by atoms with E-state index in [9.17, 15) is 22.4 Å². The zero-order valence-corrected chi connectivity index (χ0v) is 17.8. The summed E-state index contributed by atoms with van der Waals surface area (Å²) in [7, 11) is 2.08. The molecule has 0 aliphatic carbocycles. The number of amides is 1. The van der Waals surface area contributed by atoms with E-state index in [2.05, 4.69) is 36.0 Å². The van der Waals surface area contributed by atoms with Crippen molar-refractivity contribution in [2.24, 2.45) is 0 Å². The Morgan fingerprint density at radius 1 is 1.12 bits per heavy atom. The zero-order valence-electron chi connectivity index (χ0n) is 17.8. The summed E-state index contributed by atoms with van der Waals surface area (Å²) in [6.45, 7) is 5.89. The van der Waals surface area contributed by atoms with Crippen LogP contribution in [0.5, 0.6) is 0 Å². The fraction of sp³-hybridized carbons (Fsp3) is 0.348. The van der Waals surface area contributed by atoms with Gasteiger partial charge in [0.15, 0.2) is 5.82 Å². The molecule has 1 N–H and O–H groups in total. The van der Waals surface area contributed by atoms with Gasteiger partial charge in [-0.25, -0.2) is 4.39 Å². The van der Waals surface area contributed by atoms with Crippen LogP contribution in [0, 0.1) is 5.82 Å². The van der Waals surface area contributed by atoms with Gasteiger partial charge in [-0.1, -0.05) is 6.07 Å². The minimum atomic E-state index is -4.86. The monoisotopic (exact) mass is 449 g/mol. The van der Waals surface area contributed by atoms with E-state index in [1.807, 2.05) is 12.1 Å². The van der Waals surface area contributed by atoms with Gasteiger partial charge in [-0.2, -0.15) is 13.2 Å². The number of alkyl halides is 3. The summed E-state index contributed by atoms with van der Waals surface area (Å²) >= 11 is 0. The molecule has 32 heavy (non-hydrogen) atoms. The van der Waals surface area contributed by atoms with Crippen LogP contribution < -0.4 is 10.2 Å². The van der Waals surface area contributed by atoms with E-state index in [1.165, 1.54) is 6.26 Å². The summed E-state index contributed by atoms with van der Waals surface area (Å²) in [6, 6.07) is 8.91. The third-order valence-electron chi connectivity index (χ3n) is 6.08. The van der Waals surface area contributed by atoms with Crippen molar-refractivity contribution in [1.82, 2.24) is 4.90 Å². The van der Waals surface area contributed by atoms with E-state index < -0.39 is 29.2 Å². The zero-order chi connectivity index (χ0) is 23.2. The number of fused-ring (bicyclic) bond motifs is 1. The van der Waals surface area contributed by atoms with Crippen molar-refractivity contribution in [3.8, 4) is 0 Å². The molecule has 2 atom stereocenters. The van der Waals surface area contributed by atoms with Gasteiger partial charge in [0.1, 0.15) is 11.8 Å². The molecule has 0 radical (unpaired) electrons. The molecule has 1 amide bonds. The molecule has 0 spiro atoms. The molecule has 2 heterocycles. The summed E-state index contributed by atoms with van der Waals surface area (Å²) in [5, 5.41) is 2.75. The van der Waals surface area contributed by atoms with Gasteiger partial charge >= 0.3 is 6.18 Å². The summed E-state index contributed by atoms with van der Waals surface area (Å²) in [6.07, 6.45) is -3.64. The molecular weight excluding hydrogens is 426 g/mol. The minimum absolute atomic E-state index is 0.119. The number of nitrogens with zero attached hydrogens (tertiary/aromatic N) is 2. The summed E-state index contributed by atoms with van der Waals surface area (Å²) in [5.74, 6) is -2.28. The van der Waals surface area contributed by atoms with Gasteiger partial charge in [0, 0.05) is 36.2 Å². The average molecular weight is 449 g/mol. The molecule has 1 saturated heterocycles. The first-order valence-corrected chi connectivity index (χ1v) is 10.2. The van der Waals surface area contributed by atoms with Gasteiger partial charge in [-0.3, -0.25) is 9.69 Å². The maximum absolute atomic E-state index is 14.3. The van der Waals surface area contributed by atoms with Crippen molar-refractivity contribution in [2.75, 3.05) is 30.4 Å². The van der Waals surface area contributed by atoms with Crippen LogP contribution in [-0.4, -0.2) is 43.0 Å². The Kier molecular flexibility index (Phi) is 5.62. The molecule has 3 aromatic rings. The van der Waals surface area contributed by atoms with Crippen LogP contribution in [0.25, 0.3) is 11.0 Å². The molecule has 1 aliphatic rings. The van der Waals surface area contributed by atoms with Crippen LogP contribution >= 0.6 is 0 Å². The molecule has 1 fully saturated rings. The lowest BCUT2D eigenvalue weighted by Gasteiger charge is -2.43. The molecule has 5 nitrogen and oxygen atoms in total. The molecule has 0 saturated carbocycles. The first-order valence-electron chi connectivity index (χ1n) is 10.2. The average Bonchev–Trinajstić information content (AvgIpc) is 3.15. The Labute approximate surface area is 182 Å². The Balaban J connectivity index is 1.63. The second-order valence-corrected chi connectivity index (χ2v) is 8.22. The number of carbonyl (C=O) groups is 1. The lowest BCUT2D eigenvalue weighted by molar-refractivity contribution is -0.139. The smallest absolute Gasteiger partial charge is 0.419 e. The summed E-state index contributed by atoms with van der Waals surface area (Å²) in [4.78, 5) is 17.3. The van der Waals surface area contributed by atoms with Gasteiger partial charge < -0.3 is 14.6 Å². The van der Waals surface area contributed by atoms with Crippen molar-refractivity contribution in [3.05, 3.63) is 59.6 Å². The van der Waals surface area contributed by atoms with Crippen LogP contribution in [0.3, 0.4) is 0 Å². The number of hydrogen-bond acceptors (Lipinski definition) is 4. The van der Waals surface area contributed by atoms with Gasteiger partial charge in [0.25, 0.3) is 5.91 Å². The van der Waals surface area contributed by atoms with Crippen LogP contribution in [0.4, 0.5) is 28.9 Å². The maximum atomic E-state index is 14.3. The normalized spacial score (nSPS) is 20.0. The number of piperazine rings is 1. The number of likely N-dealkylation sites (N-methyl/N-ethyl adjacent to an activating group) is 1. The second-order valence-electron chi connectivity index (χ2n) is 8.22. The first-order chi connectivity index (χ1) is 15.1. The van der Waals surface area contributed by atoms with E-state index >= 15 is 0 Å². The third-order valence-corrected chi connectivity index (χ3v) is 6.08. The highest BCUT2D eigenvalue weighted by atomic mass is 19.4. The van der Waals surface area contributed by atoms with Crippen LogP contribution in [0.1, 0.15) is 29.8 Å². The van der Waals surface area contributed by atoms with Crippen LogP contribution in [-0.2, 0) is 6.18 Å². The predicted molar refractivity (Wildman–Crippen MR) is 114 cm³/mol. The molecular formula is C23H23F4N3O2. The lowest BCUT2D eigenvalue weighted by Crippen LogP contribution is -2.55. The number of anilines is 2. The Morgan fingerprint density at radius 2 is 1.81 bits per heavy atom. The second kappa shape index (κ2) is 8.12. The number of rotatable bonds is 3. The highest BCUT2D eigenvalue weighted by Crippen LogP contribution is 2.34. The third kappa shape index (κ3) is 4.04. The van der Waals surface area contributed by atoms with Crippen molar-refractivity contribution >= 4 is 28.3 Å². The molecule has 4 rings (SSSR count). The molecule has 9 heteroatoms. The largest absolute Gasteiger partial charge is 0.463 e. The fourth-order valence-corrected chi connectivity index (χ4v) is 4.04. The van der Waals surface area contributed by atoms with E-state index in [1.54, 1.807) is 6.07 Å². The van der Waals surface area contributed by atoms with Gasteiger partial charge in [-0.15, -0.1) is 0 Å². The molecule has 170 valence electrons. The predicted octanol–water partition coefficient (Wildman–Crippen LogP) is 5.37. The SMILES string of the molecule is C[C@@H]1CN(c2ccc3occ(C(=O)Nc4cccc(C(F)(F)F)c4F)c3c2)C[C@H](C)N1C. The number of furan rings is 1. The Morgan fingerprint density at radius 3 is 2.47 bits per heavy atom. The Hall–Kier alpha value is -3.07. The van der Waals surface area contributed by atoms with Crippen molar-refractivity contribution in [3.63, 3.8) is 0 Å². The Bertz CT molecular complexity index is 1150. The number of benzene rings is 2. The standard InChI is InChI=1S/C23H23F4N3O2/c1-13-10-30(11-14(2)29(13)3)15-7-8-20-16(9-15)17(12-32-20)22(31)28-19-6-4-5-18(21(19)24)23(25,26)27/h4-9,12-14H,10-11H2,1-3H3,(H,28,31)/t13-,14+. The summed E-state index contributed by atoms with van der Waals surface area (Å²) in [5.41, 5.74) is -0.498. The van der Waals surface area contributed by atoms with Crippen molar-refractivity contribution in [2.45, 2.75) is 32.1 Å². The highest BCUT2D eigenvalue weighted by molar-refractivity contribution is 6.12. The molecule has 0 bridgehead atoms. The van der Waals surface area contributed by atoms with Gasteiger partial charge in [-0.05, 0) is 51.2 Å². The van der Waals surface area contributed by atoms with Crippen LogP contribution in [0.15, 0.2) is 47.1 Å². The lowest BCUT2D eigenvalue weighted by atomic mass is 10.1. The fourth-order valence-electron chi connectivity index (χ4n) is 4.04. The number of hydrogen-bond donors (Lipinski definition) is 1. The number of carbonyl (C=O) groups excluding carboxylic acids is 1. The topological polar surface area (TPSA) is 48.7 Å². The van der Waals surface area contributed by atoms with E-state index in [0.29, 0.717) is 29.1 Å². The first kappa shape index (κ1) is 22.1. The summed E-state index contributed by atoms with van der Waals surface area (Å²) < 4.78 is 58.7. The number of halogens is 4. The van der Waals surface area contributed by atoms with Crippen molar-refractivity contribution in [1.29, 1.82) is 0 Å². The van der Waals surface area contributed by atoms with Crippen molar-refractivity contribution < 1.29 is 26.8 Å². The van der Waals surface area contributed by atoms with Gasteiger partial charge in [0.05, 0.1) is 16.8 Å². The molecule has 2 aromatic carbocycles. The highest BCUT2D eigenvalue weighted by Gasteiger charge is 2.35. The van der Waals surface area contributed by atoms with E-state index in [-0.39, 0.29) is 5.56 Å². The minimum Gasteiger partial charge on any atom is -0.463 e. The van der Waals surface area contributed by atoms with Crippen LogP contribution in [0.2, 0.25) is 0 Å². The maximum Gasteiger partial charge on any atom is 0.419 e.